The average Bonchev–Trinajstić information content (AvgIpc) is 3.14. The second-order valence-electron chi connectivity index (χ2n) is 6.92. The highest BCUT2D eigenvalue weighted by molar-refractivity contribution is 9.10. The number of rotatable bonds is 10. The number of nitrogens with zero attached hydrogens (tertiary/aromatic N) is 2. The molecule has 0 amide bonds. The van der Waals surface area contributed by atoms with Gasteiger partial charge < -0.3 is 14.0 Å². The van der Waals surface area contributed by atoms with Gasteiger partial charge in [0.2, 0.25) is 5.76 Å². The SMILES string of the molecule is C=CCc1cc(/C=C/c2onc(C)c2[N+](=O)[O-])cc(OCC)c1OCc1ccc(Br)cc1. The van der Waals surface area contributed by atoms with Gasteiger partial charge in [-0.15, -0.1) is 6.58 Å². The van der Waals surface area contributed by atoms with Crippen molar-refractivity contribution in [2.75, 3.05) is 6.61 Å². The molecule has 0 N–H and O–H groups in total. The lowest BCUT2D eigenvalue weighted by Crippen LogP contribution is -2.03. The maximum absolute atomic E-state index is 11.3. The van der Waals surface area contributed by atoms with Crippen LogP contribution in [0.25, 0.3) is 12.2 Å². The van der Waals surface area contributed by atoms with Crippen molar-refractivity contribution >= 4 is 33.8 Å². The van der Waals surface area contributed by atoms with Gasteiger partial charge in [0.25, 0.3) is 0 Å². The Morgan fingerprint density at radius 1 is 1.22 bits per heavy atom. The Morgan fingerprint density at radius 2 is 1.97 bits per heavy atom. The van der Waals surface area contributed by atoms with Crippen LogP contribution in [0.3, 0.4) is 0 Å². The quantitative estimate of drug-likeness (QED) is 0.179. The van der Waals surface area contributed by atoms with Gasteiger partial charge in [0, 0.05) is 10.0 Å². The van der Waals surface area contributed by atoms with Crippen molar-refractivity contribution in [3.8, 4) is 11.5 Å². The molecule has 0 radical (unpaired) electrons. The largest absolute Gasteiger partial charge is 0.490 e. The topological polar surface area (TPSA) is 87.6 Å². The molecule has 0 spiro atoms. The van der Waals surface area contributed by atoms with E-state index in [9.17, 15) is 10.1 Å². The van der Waals surface area contributed by atoms with E-state index in [-0.39, 0.29) is 17.1 Å². The molecule has 1 aromatic heterocycles. The Labute approximate surface area is 194 Å². The van der Waals surface area contributed by atoms with Crippen LogP contribution in [-0.2, 0) is 13.0 Å². The van der Waals surface area contributed by atoms with Gasteiger partial charge in [-0.25, -0.2) is 0 Å². The number of ether oxygens (including phenoxy) is 2. The monoisotopic (exact) mass is 498 g/mol. The average molecular weight is 499 g/mol. The lowest BCUT2D eigenvalue weighted by Gasteiger charge is -2.17. The van der Waals surface area contributed by atoms with Crippen LogP contribution in [0.5, 0.6) is 11.5 Å². The second-order valence-corrected chi connectivity index (χ2v) is 7.84. The number of aryl methyl sites for hydroxylation is 1. The van der Waals surface area contributed by atoms with Crippen molar-refractivity contribution in [3.63, 3.8) is 0 Å². The van der Waals surface area contributed by atoms with Crippen molar-refractivity contribution in [1.82, 2.24) is 5.16 Å². The van der Waals surface area contributed by atoms with Gasteiger partial charge in [-0.05, 0) is 61.7 Å². The maximum Gasteiger partial charge on any atom is 0.338 e. The number of benzene rings is 2. The summed E-state index contributed by atoms with van der Waals surface area (Å²) in [4.78, 5) is 10.8. The van der Waals surface area contributed by atoms with E-state index in [1.54, 1.807) is 12.2 Å². The van der Waals surface area contributed by atoms with Gasteiger partial charge in [0.1, 0.15) is 6.61 Å². The summed E-state index contributed by atoms with van der Waals surface area (Å²) < 4.78 is 18.1. The molecule has 0 aliphatic rings. The molecule has 0 atom stereocenters. The molecule has 0 fully saturated rings. The van der Waals surface area contributed by atoms with E-state index in [0.29, 0.717) is 31.1 Å². The number of hydrogen-bond acceptors (Lipinski definition) is 6. The maximum atomic E-state index is 11.3. The predicted molar refractivity (Wildman–Crippen MR) is 127 cm³/mol. The van der Waals surface area contributed by atoms with E-state index < -0.39 is 4.92 Å². The van der Waals surface area contributed by atoms with Crippen LogP contribution in [0, 0.1) is 17.0 Å². The van der Waals surface area contributed by atoms with Crippen molar-refractivity contribution in [2.24, 2.45) is 0 Å². The molecule has 0 bridgehead atoms. The van der Waals surface area contributed by atoms with Crippen LogP contribution < -0.4 is 9.47 Å². The van der Waals surface area contributed by atoms with Gasteiger partial charge in [-0.2, -0.15) is 0 Å². The van der Waals surface area contributed by atoms with E-state index >= 15 is 0 Å². The first-order chi connectivity index (χ1) is 15.4. The molecule has 1 heterocycles. The molecule has 0 unspecified atom stereocenters. The highest BCUT2D eigenvalue weighted by Crippen LogP contribution is 2.35. The number of aromatic nitrogens is 1. The number of hydrogen-bond donors (Lipinski definition) is 0. The summed E-state index contributed by atoms with van der Waals surface area (Å²) >= 11 is 3.43. The molecule has 0 aliphatic carbocycles. The van der Waals surface area contributed by atoms with Crippen LogP contribution in [0.1, 0.15) is 35.1 Å². The number of nitro groups is 1. The molecular weight excluding hydrogens is 476 g/mol. The normalized spacial score (nSPS) is 11.0. The van der Waals surface area contributed by atoms with E-state index in [4.69, 9.17) is 14.0 Å². The minimum absolute atomic E-state index is 0.0892. The summed E-state index contributed by atoms with van der Waals surface area (Å²) in [6.45, 7) is 8.12. The first-order valence-corrected chi connectivity index (χ1v) is 10.8. The molecule has 8 heteroatoms. The predicted octanol–water partition coefficient (Wildman–Crippen LogP) is 6.53. The molecule has 2 aromatic carbocycles. The Hall–Kier alpha value is -3.39. The third-order valence-corrected chi connectivity index (χ3v) is 5.11. The Balaban J connectivity index is 1.94. The molecule has 0 aliphatic heterocycles. The molecule has 3 aromatic rings. The number of halogens is 1. The summed E-state index contributed by atoms with van der Waals surface area (Å²) in [5, 5.41) is 15.0. The van der Waals surface area contributed by atoms with E-state index in [1.165, 1.54) is 13.0 Å². The molecule has 0 saturated carbocycles. The zero-order valence-electron chi connectivity index (χ0n) is 17.8. The fraction of sp³-hybridized carbons (Fsp3) is 0.208. The minimum Gasteiger partial charge on any atom is -0.490 e. The fourth-order valence-electron chi connectivity index (χ4n) is 3.14. The van der Waals surface area contributed by atoms with E-state index in [1.807, 2.05) is 43.3 Å². The first kappa shape index (κ1) is 23.3. The molecule has 3 rings (SSSR count). The van der Waals surface area contributed by atoms with Crippen LogP contribution in [0.4, 0.5) is 5.69 Å². The molecule has 32 heavy (non-hydrogen) atoms. The summed E-state index contributed by atoms with van der Waals surface area (Å²) in [6.07, 6.45) is 5.61. The van der Waals surface area contributed by atoms with Gasteiger partial charge in [0.15, 0.2) is 17.2 Å². The molecule has 7 nitrogen and oxygen atoms in total. The highest BCUT2D eigenvalue weighted by atomic mass is 79.9. The minimum atomic E-state index is -0.501. The van der Waals surface area contributed by atoms with Crippen LogP contribution in [0.2, 0.25) is 0 Å². The standard InChI is InChI=1S/C24H23BrN2O5/c1-4-6-19-13-18(9-12-21-23(27(28)29)16(3)26-32-21)14-22(30-5-2)24(19)31-15-17-7-10-20(25)11-8-17/h4,7-14H,1,5-6,15H2,2-3H3/b12-9+. The molecule has 166 valence electrons. The summed E-state index contributed by atoms with van der Waals surface area (Å²) in [7, 11) is 0. The third-order valence-electron chi connectivity index (χ3n) is 4.58. The van der Waals surface area contributed by atoms with Gasteiger partial charge in [-0.3, -0.25) is 10.1 Å². The zero-order valence-corrected chi connectivity index (χ0v) is 19.4. The zero-order chi connectivity index (χ0) is 23.1. The smallest absolute Gasteiger partial charge is 0.338 e. The second kappa shape index (κ2) is 10.8. The Morgan fingerprint density at radius 3 is 2.62 bits per heavy atom. The van der Waals surface area contributed by atoms with Crippen LogP contribution in [-0.4, -0.2) is 16.7 Å². The summed E-state index contributed by atoms with van der Waals surface area (Å²) in [5.74, 6) is 1.33. The lowest BCUT2D eigenvalue weighted by molar-refractivity contribution is -0.386. The molecular formula is C24H23BrN2O5. The lowest BCUT2D eigenvalue weighted by atomic mass is 10.0. The summed E-state index contributed by atoms with van der Waals surface area (Å²) in [6, 6.07) is 11.7. The first-order valence-electron chi connectivity index (χ1n) is 9.99. The van der Waals surface area contributed by atoms with Crippen molar-refractivity contribution in [3.05, 3.63) is 91.8 Å². The Kier molecular flexibility index (Phi) is 7.83. The Bertz CT molecular complexity index is 1140. The molecule has 0 saturated heterocycles. The van der Waals surface area contributed by atoms with E-state index in [0.717, 1.165) is 21.2 Å². The van der Waals surface area contributed by atoms with Gasteiger partial charge in [0.05, 0.1) is 11.5 Å². The van der Waals surface area contributed by atoms with Crippen molar-refractivity contribution < 1.29 is 18.9 Å². The van der Waals surface area contributed by atoms with Crippen LogP contribution >= 0.6 is 15.9 Å². The summed E-state index contributed by atoms with van der Waals surface area (Å²) in [5.41, 5.74) is 2.79. The highest BCUT2D eigenvalue weighted by Gasteiger charge is 2.22. The van der Waals surface area contributed by atoms with Crippen molar-refractivity contribution in [2.45, 2.75) is 26.9 Å². The van der Waals surface area contributed by atoms with Gasteiger partial charge >= 0.3 is 5.69 Å². The fourth-order valence-corrected chi connectivity index (χ4v) is 3.40. The van der Waals surface area contributed by atoms with E-state index in [2.05, 4.69) is 27.7 Å². The third kappa shape index (κ3) is 5.64. The van der Waals surface area contributed by atoms with Gasteiger partial charge in [-0.1, -0.05) is 45.4 Å². The van der Waals surface area contributed by atoms with Crippen LogP contribution in [0.15, 0.2) is 58.0 Å². The number of allylic oxidation sites excluding steroid dienone is 1. The van der Waals surface area contributed by atoms with Crippen molar-refractivity contribution in [1.29, 1.82) is 0 Å².